The molecule has 12 rings (SSSR count). The highest BCUT2D eigenvalue weighted by atomic mass is 28.5. The van der Waals surface area contributed by atoms with Gasteiger partial charge in [0, 0.05) is 72.9 Å². The average Bonchev–Trinajstić information content (AvgIpc) is 1.55. The summed E-state index contributed by atoms with van der Waals surface area (Å²) < 4.78 is 62.1. The zero-order valence-electron chi connectivity index (χ0n) is 73.6. The number of aliphatic imine (C=N–C) groups is 2. The number of benzene rings is 8. The highest BCUT2D eigenvalue weighted by Gasteiger charge is 2.62. The fourth-order valence-electron chi connectivity index (χ4n) is 17.5. The number of rotatable bonds is 38. The van der Waals surface area contributed by atoms with Crippen LogP contribution in [0.1, 0.15) is 133 Å². The molecule has 0 saturated carbocycles. The Morgan fingerprint density at radius 2 is 0.765 bits per heavy atom. The lowest BCUT2D eigenvalue weighted by molar-refractivity contribution is -0.151. The molecule has 2 atom stereocenters. The van der Waals surface area contributed by atoms with Crippen molar-refractivity contribution in [3.05, 3.63) is 169 Å². The number of carbonyl (C=O) groups excluding carboxylic acids is 4. The number of carbonyl (C=O) groups is 4. The van der Waals surface area contributed by atoms with Gasteiger partial charge in [-0.15, -0.1) is 0 Å². The van der Waals surface area contributed by atoms with E-state index in [0.29, 0.717) is 39.4 Å². The van der Waals surface area contributed by atoms with Crippen molar-refractivity contribution in [2.24, 2.45) is 20.8 Å². The Hall–Kier alpha value is -9.21. The molecule has 0 amide bonds. The molecule has 23 heteroatoms. The Morgan fingerprint density at radius 1 is 0.429 bits per heavy atom. The first-order valence-electron chi connectivity index (χ1n) is 42.7. The number of hydrogen-bond acceptors (Lipinski definition) is 20. The average molecular weight is 1670 g/mol. The van der Waals surface area contributed by atoms with Crippen LogP contribution in [-0.4, -0.2) is 165 Å². The van der Waals surface area contributed by atoms with Crippen LogP contribution in [0.4, 0.5) is 34.1 Å². The first kappa shape index (κ1) is 89.1. The fraction of sp³-hybridized carbons (Fsp3) is 0.479. The molecule has 8 aromatic carbocycles. The number of nitrogens with zero attached hydrogens (tertiary/aromatic N) is 6. The summed E-state index contributed by atoms with van der Waals surface area (Å²) in [4.78, 5) is 70.5. The Labute approximate surface area is 708 Å². The second-order valence-electron chi connectivity index (χ2n) is 37.0. The molecule has 20 nitrogen and oxygen atoms in total. The first-order chi connectivity index (χ1) is 56.5. The predicted molar refractivity (Wildman–Crippen MR) is 488 cm³/mol. The molecule has 0 bridgehead atoms. The summed E-state index contributed by atoms with van der Waals surface area (Å²) in [6, 6.07) is 57.1. The van der Waals surface area contributed by atoms with Crippen molar-refractivity contribution in [1.29, 1.82) is 0 Å². The molecular weight excluding hydrogens is 1550 g/mol. The molecule has 2 spiro atoms. The molecule has 4 aliphatic heterocycles. The molecule has 0 aliphatic carbocycles. The van der Waals surface area contributed by atoms with Crippen LogP contribution in [0.5, 0.6) is 11.5 Å². The van der Waals surface area contributed by atoms with Crippen molar-refractivity contribution in [2.45, 2.75) is 195 Å². The normalized spacial score (nSPS) is 17.1. The van der Waals surface area contributed by atoms with Crippen LogP contribution in [0, 0.1) is 10.8 Å². The Morgan fingerprint density at radius 3 is 1.12 bits per heavy atom. The van der Waals surface area contributed by atoms with Gasteiger partial charge >= 0.3 is 32.4 Å². The van der Waals surface area contributed by atoms with Gasteiger partial charge in [-0.2, -0.15) is 0 Å². The maximum absolute atomic E-state index is 12.8. The zero-order valence-corrected chi connectivity index (χ0v) is 76.6. The summed E-state index contributed by atoms with van der Waals surface area (Å²) in [7, 11) is -6.72. The lowest BCUT2D eigenvalue weighted by Gasteiger charge is -2.48. The van der Waals surface area contributed by atoms with Gasteiger partial charge in [-0.1, -0.05) is 151 Å². The van der Waals surface area contributed by atoms with Crippen molar-refractivity contribution in [2.75, 3.05) is 112 Å². The SMILES string of the molecule is CCN(CCOC(=O)CCC(=O)OCCOCCC[Si](C)(C)O[Si](C)(C)O[Si](C)(C)CCCOCCOC(=O)CCC(=O)OCCN(CC)c1ccc(-c2cc3c(c4ccccc24)OC2(C=N3)N(CC(C)(C)C)c3ccccc3C2(C)C)cc1)c1ccc(-c2cc3c(c4ccccc24)OC2(C=N3)N(CC(C)(C)C)c3ccccc3C2(C)C)cc1. The second kappa shape index (κ2) is 37.0. The van der Waals surface area contributed by atoms with Crippen LogP contribution in [-0.2, 0) is 66.7 Å². The van der Waals surface area contributed by atoms with E-state index in [9.17, 15) is 19.2 Å². The van der Waals surface area contributed by atoms with Crippen molar-refractivity contribution < 1.29 is 65.3 Å². The second-order valence-corrected chi connectivity index (χ2v) is 49.5. The number of ether oxygens (including phenoxy) is 8. The monoisotopic (exact) mass is 1670 g/mol. The minimum Gasteiger partial charge on any atom is -0.464 e. The number of fused-ring (bicyclic) bond motifs is 8. The van der Waals surface area contributed by atoms with Crippen molar-refractivity contribution in [3.8, 4) is 33.8 Å². The lowest BCUT2D eigenvalue weighted by Crippen LogP contribution is -2.63. The summed E-state index contributed by atoms with van der Waals surface area (Å²) >= 11 is 0. The van der Waals surface area contributed by atoms with Crippen LogP contribution >= 0.6 is 0 Å². The Balaban J connectivity index is 0.484. The van der Waals surface area contributed by atoms with Gasteiger partial charge in [-0.05, 0) is 209 Å². The van der Waals surface area contributed by atoms with E-state index in [0.717, 1.165) is 116 Å². The van der Waals surface area contributed by atoms with Crippen molar-refractivity contribution in [3.63, 3.8) is 0 Å². The molecule has 0 aromatic heterocycles. The van der Waals surface area contributed by atoms with Gasteiger partial charge in [0.2, 0.25) is 11.4 Å². The highest BCUT2D eigenvalue weighted by Crippen LogP contribution is 2.59. The molecule has 8 aromatic rings. The minimum absolute atomic E-state index is 0.00421. The van der Waals surface area contributed by atoms with Gasteiger partial charge in [-0.25, -0.2) is 0 Å². The molecule has 0 N–H and O–H groups in total. The number of esters is 4. The standard InChI is InChI=1S/C96H126N6O14Si3/c1-19-99(71-43-39-69(40-44-71)77-63-81-89(75-33-23-21-31-73(75)77)113-95(65-97-81)93(9,10)79-35-25-27-37-83(79)101(95)67-91(3,4)5)51-55-109-85(103)47-49-87(105)111-59-57-107-53-29-61-117(13,14)115-119(17,18)116-118(15,16)62-30-54-108-58-60-112-88(106)50-48-86(104)110-56-52-100(20-2)72-45-41-70(42-46-72)78-64-82-90(76-34-24-22-32-74(76)78)114-96(66-98-82)94(11,12)80-36-26-28-38-84(80)102(96)68-92(6,7)8/h21-28,31-46,63-66H,19-20,29-30,47-62,67-68H2,1-18H3. The molecule has 0 fully saturated rings. The summed E-state index contributed by atoms with van der Waals surface area (Å²) in [6.45, 7) is 45.9. The minimum atomic E-state index is -2.48. The van der Waals surface area contributed by atoms with Crippen LogP contribution < -0.4 is 29.1 Å². The summed E-state index contributed by atoms with van der Waals surface area (Å²) in [5, 5.41) is 4.18. The van der Waals surface area contributed by atoms with E-state index < -0.39 is 71.4 Å². The van der Waals surface area contributed by atoms with E-state index in [1.807, 2.05) is 12.4 Å². The first-order valence-corrected chi connectivity index (χ1v) is 51.8. The van der Waals surface area contributed by atoms with E-state index in [1.165, 1.54) is 22.5 Å². The summed E-state index contributed by atoms with van der Waals surface area (Å²) in [5.41, 5.74) is 10.2. The summed E-state index contributed by atoms with van der Waals surface area (Å²) in [5.74, 6) is -0.291. The molecule has 0 radical (unpaired) electrons. The predicted octanol–water partition coefficient (Wildman–Crippen LogP) is 20.6. The number of hydrogen-bond donors (Lipinski definition) is 0. The fourth-order valence-corrected chi connectivity index (χ4v) is 31.5. The quantitative estimate of drug-likeness (QED) is 0.0153. The largest absolute Gasteiger partial charge is 0.464 e. The van der Waals surface area contributed by atoms with Crippen molar-refractivity contribution >= 4 is 117 Å². The van der Waals surface area contributed by atoms with E-state index in [1.54, 1.807) is 0 Å². The smallest absolute Gasteiger partial charge is 0.311 e. The van der Waals surface area contributed by atoms with E-state index in [2.05, 4.69) is 300 Å². The van der Waals surface area contributed by atoms with Crippen molar-refractivity contribution in [1.82, 2.24) is 0 Å². The third kappa shape index (κ3) is 20.7. The third-order valence-electron chi connectivity index (χ3n) is 23.1. The van der Waals surface area contributed by atoms with Gasteiger partial charge in [0.15, 0.2) is 28.1 Å². The van der Waals surface area contributed by atoms with Gasteiger partial charge in [0.1, 0.15) is 37.8 Å². The van der Waals surface area contributed by atoms with Crippen LogP contribution in [0.2, 0.25) is 51.4 Å². The maximum atomic E-state index is 12.8. The van der Waals surface area contributed by atoms with Gasteiger partial charge in [-0.3, -0.25) is 29.2 Å². The maximum Gasteiger partial charge on any atom is 0.311 e. The van der Waals surface area contributed by atoms with Gasteiger partial charge in [0.05, 0.1) is 75.2 Å². The molecule has 119 heavy (non-hydrogen) atoms. The Bertz CT molecular complexity index is 4670. The van der Waals surface area contributed by atoms with Gasteiger partial charge in [0.25, 0.3) is 0 Å². The van der Waals surface area contributed by atoms with E-state index in [4.69, 9.17) is 56.1 Å². The van der Waals surface area contributed by atoms with Crippen LogP contribution in [0.3, 0.4) is 0 Å². The van der Waals surface area contributed by atoms with E-state index in [-0.39, 0.29) is 76.2 Å². The molecule has 4 heterocycles. The topological polar surface area (TPSA) is 198 Å². The molecule has 636 valence electrons. The molecule has 0 saturated heterocycles. The van der Waals surface area contributed by atoms with Crippen LogP contribution in [0.15, 0.2) is 168 Å². The molecule has 4 aliphatic rings. The van der Waals surface area contributed by atoms with E-state index >= 15 is 0 Å². The summed E-state index contributed by atoms with van der Waals surface area (Å²) in [6.07, 6.45) is 5.36. The number of para-hydroxylation sites is 2. The van der Waals surface area contributed by atoms with Crippen LogP contribution in [0.25, 0.3) is 43.8 Å². The third-order valence-corrected chi connectivity index (χ3v) is 34.6. The highest BCUT2D eigenvalue weighted by molar-refractivity contribution is 6.87. The number of likely N-dealkylation sites (N-methyl/N-ethyl adjacent to an activating group) is 2. The molecular formula is C96H126N6O14Si3. The number of anilines is 4. The lowest BCUT2D eigenvalue weighted by atomic mass is 9.77. The zero-order chi connectivity index (χ0) is 85.4. The molecule has 2 unspecified atom stereocenters. The van der Waals surface area contributed by atoms with Gasteiger partial charge < -0.3 is 65.7 Å². The Kier molecular flexibility index (Phi) is 27.7.